The highest BCUT2D eigenvalue weighted by Crippen LogP contribution is 2.31. The van der Waals surface area contributed by atoms with Gasteiger partial charge in [0.1, 0.15) is 6.04 Å². The number of hydrogen-bond donors (Lipinski definition) is 1. The average Bonchev–Trinajstić information content (AvgIpc) is 3.24. The number of rotatable bonds is 3. The van der Waals surface area contributed by atoms with E-state index in [0.29, 0.717) is 11.7 Å². The molecule has 0 spiro atoms. The number of nitrogens with zero attached hydrogens (tertiary/aromatic N) is 4. The van der Waals surface area contributed by atoms with Crippen LogP contribution in [-0.4, -0.2) is 32.6 Å². The number of aromatic nitrogens is 3. The van der Waals surface area contributed by atoms with E-state index < -0.39 is 0 Å². The largest absolute Gasteiger partial charge is 0.337 e. The number of likely N-dealkylation sites (tertiary alicyclic amines) is 1. The van der Waals surface area contributed by atoms with E-state index in [1.54, 1.807) is 12.4 Å². The molecule has 2 amide bonds. The lowest BCUT2D eigenvalue weighted by Crippen LogP contribution is -2.40. The number of hydrogen-bond acceptors (Lipinski definition) is 5. The molecule has 7 heteroatoms. The van der Waals surface area contributed by atoms with E-state index in [9.17, 15) is 4.79 Å². The fraction of sp³-hybridized carbons (Fsp3) is 0.556. The van der Waals surface area contributed by atoms with E-state index in [-0.39, 0.29) is 23.5 Å². The Morgan fingerprint density at radius 1 is 1.36 bits per heavy atom. The molecule has 0 aromatic carbocycles. The van der Waals surface area contributed by atoms with Gasteiger partial charge in [0.05, 0.1) is 6.04 Å². The predicted molar refractivity (Wildman–Crippen MR) is 92.9 cm³/mol. The molecule has 2 aromatic heterocycles. The van der Waals surface area contributed by atoms with E-state index in [1.807, 2.05) is 44.7 Å². The van der Waals surface area contributed by atoms with Gasteiger partial charge in [-0.2, -0.15) is 4.98 Å². The highest BCUT2D eigenvalue weighted by Gasteiger charge is 2.31. The molecular formula is C18H25N5O2. The van der Waals surface area contributed by atoms with Crippen LogP contribution in [0.25, 0.3) is 0 Å². The van der Waals surface area contributed by atoms with Crippen LogP contribution in [0.1, 0.15) is 69.9 Å². The lowest BCUT2D eigenvalue weighted by molar-refractivity contribution is 0.187. The van der Waals surface area contributed by atoms with E-state index in [0.717, 1.165) is 24.9 Å². The summed E-state index contributed by atoms with van der Waals surface area (Å²) in [4.78, 5) is 23.1. The molecular weight excluding hydrogens is 318 g/mol. The molecule has 0 unspecified atom stereocenters. The van der Waals surface area contributed by atoms with Crippen LogP contribution in [0, 0.1) is 0 Å². The van der Waals surface area contributed by atoms with Crippen LogP contribution in [0.5, 0.6) is 0 Å². The maximum Gasteiger partial charge on any atom is 0.318 e. The zero-order valence-corrected chi connectivity index (χ0v) is 15.2. The molecule has 1 N–H and O–H groups in total. The van der Waals surface area contributed by atoms with Crippen molar-refractivity contribution >= 4 is 6.03 Å². The molecule has 0 bridgehead atoms. The van der Waals surface area contributed by atoms with Crippen molar-refractivity contribution in [2.24, 2.45) is 0 Å². The van der Waals surface area contributed by atoms with Crippen LogP contribution in [-0.2, 0) is 5.41 Å². The summed E-state index contributed by atoms with van der Waals surface area (Å²) in [6.07, 6.45) is 5.47. The van der Waals surface area contributed by atoms with Crippen molar-refractivity contribution in [2.75, 3.05) is 6.54 Å². The van der Waals surface area contributed by atoms with Crippen LogP contribution < -0.4 is 5.32 Å². The smallest absolute Gasteiger partial charge is 0.318 e. The van der Waals surface area contributed by atoms with Crippen molar-refractivity contribution < 1.29 is 9.32 Å². The monoisotopic (exact) mass is 343 g/mol. The second kappa shape index (κ2) is 6.82. The SMILES string of the molecule is C[C@H](NC(=O)N1CCC[C@@H]1c1ccncc1)c1nc(C(C)(C)C)no1. The molecule has 0 radical (unpaired) electrons. The number of amides is 2. The minimum atomic E-state index is -0.338. The summed E-state index contributed by atoms with van der Waals surface area (Å²) in [5.41, 5.74) is 0.926. The standard InChI is InChI=1S/C18H25N5O2/c1-12(15-21-16(22-25-15)18(2,3)4)20-17(24)23-11-5-6-14(23)13-7-9-19-10-8-13/h7-10,12,14H,5-6,11H2,1-4H3,(H,20,24)/t12-,14+/m0/s1. The average molecular weight is 343 g/mol. The molecule has 0 aliphatic carbocycles. The Morgan fingerprint density at radius 2 is 2.08 bits per heavy atom. The molecule has 0 saturated carbocycles. The third-order valence-corrected chi connectivity index (χ3v) is 4.43. The molecule has 2 aromatic rings. The van der Waals surface area contributed by atoms with Crippen molar-refractivity contribution in [3.05, 3.63) is 41.8 Å². The summed E-state index contributed by atoms with van der Waals surface area (Å²) < 4.78 is 5.33. The molecule has 1 aliphatic rings. The van der Waals surface area contributed by atoms with Crippen molar-refractivity contribution in [3.8, 4) is 0 Å². The van der Waals surface area contributed by atoms with Gasteiger partial charge in [-0.15, -0.1) is 0 Å². The molecule has 134 valence electrons. The minimum Gasteiger partial charge on any atom is -0.337 e. The Morgan fingerprint density at radius 3 is 2.72 bits per heavy atom. The number of carbonyl (C=O) groups is 1. The molecule has 3 rings (SSSR count). The summed E-state index contributed by atoms with van der Waals surface area (Å²) in [6, 6.07) is 3.57. The zero-order chi connectivity index (χ0) is 18.0. The predicted octanol–water partition coefficient (Wildman–Crippen LogP) is 3.37. The van der Waals surface area contributed by atoms with E-state index in [2.05, 4.69) is 20.4 Å². The van der Waals surface area contributed by atoms with Gasteiger partial charge in [-0.25, -0.2) is 4.79 Å². The van der Waals surface area contributed by atoms with Crippen LogP contribution in [0.4, 0.5) is 4.79 Å². The van der Waals surface area contributed by atoms with Crippen molar-refractivity contribution in [1.82, 2.24) is 25.3 Å². The molecule has 1 saturated heterocycles. The fourth-order valence-electron chi connectivity index (χ4n) is 2.99. The first-order valence-electron chi connectivity index (χ1n) is 8.67. The van der Waals surface area contributed by atoms with Gasteiger partial charge in [0.15, 0.2) is 5.82 Å². The van der Waals surface area contributed by atoms with Crippen LogP contribution in [0.2, 0.25) is 0 Å². The Kier molecular flexibility index (Phi) is 4.74. The summed E-state index contributed by atoms with van der Waals surface area (Å²) in [5.74, 6) is 1.07. The number of carbonyl (C=O) groups excluding carboxylic acids is 1. The summed E-state index contributed by atoms with van der Waals surface area (Å²) in [6.45, 7) is 8.66. The van der Waals surface area contributed by atoms with Crippen molar-refractivity contribution in [2.45, 2.75) is 58.0 Å². The molecule has 1 aliphatic heterocycles. The molecule has 25 heavy (non-hydrogen) atoms. The van der Waals surface area contributed by atoms with Crippen LogP contribution >= 0.6 is 0 Å². The highest BCUT2D eigenvalue weighted by molar-refractivity contribution is 5.75. The van der Waals surface area contributed by atoms with Crippen molar-refractivity contribution in [1.29, 1.82) is 0 Å². The zero-order valence-electron chi connectivity index (χ0n) is 15.2. The lowest BCUT2D eigenvalue weighted by atomic mass is 9.96. The first-order chi connectivity index (χ1) is 11.9. The van der Waals surface area contributed by atoms with Gasteiger partial charge in [0.25, 0.3) is 0 Å². The minimum absolute atomic E-state index is 0.0861. The number of nitrogens with one attached hydrogen (secondary N) is 1. The Labute approximate surface area is 147 Å². The summed E-state index contributed by atoms with van der Waals surface area (Å²) in [7, 11) is 0. The maximum atomic E-state index is 12.7. The summed E-state index contributed by atoms with van der Waals surface area (Å²) in [5, 5.41) is 7.00. The second-order valence-corrected chi connectivity index (χ2v) is 7.51. The molecule has 7 nitrogen and oxygen atoms in total. The van der Waals surface area contributed by atoms with E-state index >= 15 is 0 Å². The van der Waals surface area contributed by atoms with Gasteiger partial charge >= 0.3 is 6.03 Å². The van der Waals surface area contributed by atoms with Crippen LogP contribution in [0.3, 0.4) is 0 Å². The Hall–Kier alpha value is -2.44. The lowest BCUT2D eigenvalue weighted by Gasteiger charge is -2.26. The third kappa shape index (κ3) is 3.81. The Bertz CT molecular complexity index is 723. The maximum absolute atomic E-state index is 12.7. The fourth-order valence-corrected chi connectivity index (χ4v) is 2.99. The molecule has 3 heterocycles. The quantitative estimate of drug-likeness (QED) is 0.923. The first-order valence-corrected chi connectivity index (χ1v) is 8.67. The topological polar surface area (TPSA) is 84.2 Å². The van der Waals surface area contributed by atoms with Gasteiger partial charge in [0.2, 0.25) is 5.89 Å². The Balaban J connectivity index is 1.68. The second-order valence-electron chi connectivity index (χ2n) is 7.51. The van der Waals surface area contributed by atoms with E-state index in [1.165, 1.54) is 0 Å². The van der Waals surface area contributed by atoms with Gasteiger partial charge in [-0.3, -0.25) is 4.98 Å². The normalized spacial score (nSPS) is 19.0. The van der Waals surface area contributed by atoms with Gasteiger partial charge < -0.3 is 14.7 Å². The highest BCUT2D eigenvalue weighted by atomic mass is 16.5. The van der Waals surface area contributed by atoms with Gasteiger partial charge in [-0.05, 0) is 37.5 Å². The van der Waals surface area contributed by atoms with Crippen LogP contribution in [0.15, 0.2) is 29.0 Å². The van der Waals surface area contributed by atoms with Gasteiger partial charge in [-0.1, -0.05) is 25.9 Å². The van der Waals surface area contributed by atoms with Gasteiger partial charge in [0, 0.05) is 24.4 Å². The van der Waals surface area contributed by atoms with Crippen molar-refractivity contribution in [3.63, 3.8) is 0 Å². The molecule has 2 atom stereocenters. The molecule has 1 fully saturated rings. The first kappa shape index (κ1) is 17.4. The van der Waals surface area contributed by atoms with E-state index in [4.69, 9.17) is 4.52 Å². The summed E-state index contributed by atoms with van der Waals surface area (Å²) >= 11 is 0. The third-order valence-electron chi connectivity index (χ3n) is 4.43. The number of urea groups is 1. The number of pyridine rings is 1.